The van der Waals surface area contributed by atoms with E-state index in [2.05, 4.69) is 113 Å². The fourth-order valence-corrected chi connectivity index (χ4v) is 3.98. The molecule has 134 valence electrons. The average molecular weight is 360 g/mol. The van der Waals surface area contributed by atoms with Crippen LogP contribution in [0.2, 0.25) is 0 Å². The second-order valence-corrected chi connectivity index (χ2v) is 6.93. The van der Waals surface area contributed by atoms with Crippen molar-refractivity contribution < 1.29 is 0 Å². The van der Waals surface area contributed by atoms with Crippen molar-refractivity contribution in [2.75, 3.05) is 0 Å². The Morgan fingerprint density at radius 2 is 1.29 bits per heavy atom. The van der Waals surface area contributed by atoms with E-state index in [1.165, 1.54) is 27.8 Å². The minimum atomic E-state index is 0.160. The summed E-state index contributed by atoms with van der Waals surface area (Å²) in [6.07, 6.45) is 5.92. The maximum atomic E-state index is 4.34. The molecule has 2 nitrogen and oxygen atoms in total. The monoisotopic (exact) mass is 360 g/mol. The number of aromatic nitrogens is 2. The molecule has 2 heteroatoms. The first-order chi connectivity index (χ1) is 13.9. The summed E-state index contributed by atoms with van der Waals surface area (Å²) in [5.41, 5.74) is 6.16. The smallest absolute Gasteiger partial charge is 0.0712 e. The molecule has 0 bridgehead atoms. The number of rotatable bonds is 4. The molecule has 28 heavy (non-hydrogen) atoms. The summed E-state index contributed by atoms with van der Waals surface area (Å²) >= 11 is 0. The van der Waals surface area contributed by atoms with Crippen LogP contribution in [0.4, 0.5) is 0 Å². The van der Waals surface area contributed by atoms with E-state index in [9.17, 15) is 0 Å². The molecule has 2 aromatic heterocycles. The van der Waals surface area contributed by atoms with Gasteiger partial charge in [-0.1, -0.05) is 78.9 Å². The van der Waals surface area contributed by atoms with Crippen molar-refractivity contribution in [3.05, 3.63) is 132 Å². The van der Waals surface area contributed by atoms with Gasteiger partial charge in [-0.25, -0.2) is 0 Å². The molecule has 0 radical (unpaired) electrons. The Bertz CT molecular complexity index is 1170. The van der Waals surface area contributed by atoms with Gasteiger partial charge in [-0.15, -0.1) is 0 Å². The molecule has 0 N–H and O–H groups in total. The number of pyridine rings is 1. The molecule has 2 heterocycles. The quantitative estimate of drug-likeness (QED) is 0.349. The van der Waals surface area contributed by atoms with E-state index in [0.717, 1.165) is 5.52 Å². The first-order valence-corrected chi connectivity index (χ1v) is 9.52. The molecule has 0 spiro atoms. The summed E-state index contributed by atoms with van der Waals surface area (Å²) in [6, 6.07) is 34.3. The lowest BCUT2D eigenvalue weighted by molar-refractivity contribution is 0.945. The fourth-order valence-electron chi connectivity index (χ4n) is 3.98. The number of hydrogen-bond acceptors (Lipinski definition) is 1. The van der Waals surface area contributed by atoms with Gasteiger partial charge in [0.2, 0.25) is 0 Å². The summed E-state index contributed by atoms with van der Waals surface area (Å²) in [5, 5.41) is 1.20. The molecule has 3 aromatic carbocycles. The molecule has 5 aromatic rings. The zero-order chi connectivity index (χ0) is 18.8. The van der Waals surface area contributed by atoms with Crippen LogP contribution in [0.15, 0.2) is 116 Å². The van der Waals surface area contributed by atoms with Gasteiger partial charge in [0.1, 0.15) is 0 Å². The molecule has 0 atom stereocenters. The first kappa shape index (κ1) is 16.5. The van der Waals surface area contributed by atoms with Gasteiger partial charge in [0.25, 0.3) is 0 Å². The van der Waals surface area contributed by atoms with Crippen LogP contribution in [0, 0.1) is 0 Å². The topological polar surface area (TPSA) is 17.8 Å². The standard InChI is InChI=1S/C26H20N2/c1-3-9-21(10-4-1)26(22-11-5-2-6-12-22)23-13-7-8-14-24(23)28-18-16-20-15-17-27-19-25(20)28/h1-19,26H. The fraction of sp³-hybridized carbons (Fsp3) is 0.0385. The van der Waals surface area contributed by atoms with Crippen LogP contribution in [-0.4, -0.2) is 9.55 Å². The van der Waals surface area contributed by atoms with E-state index in [1.807, 2.05) is 12.4 Å². The second kappa shape index (κ2) is 7.16. The number of para-hydroxylation sites is 1. The van der Waals surface area contributed by atoms with Gasteiger partial charge in [-0.2, -0.15) is 0 Å². The molecule has 0 fully saturated rings. The SMILES string of the molecule is c1ccc(C(c2ccccc2)c2ccccc2-n2ccc3ccncc32)cc1. The van der Waals surface area contributed by atoms with Gasteiger partial charge in [0.05, 0.1) is 11.7 Å². The molecular formula is C26H20N2. The largest absolute Gasteiger partial charge is 0.315 e. The van der Waals surface area contributed by atoms with E-state index in [-0.39, 0.29) is 5.92 Å². The molecule has 0 aliphatic heterocycles. The molecule has 0 unspecified atom stereocenters. The van der Waals surface area contributed by atoms with Crippen LogP contribution in [0.3, 0.4) is 0 Å². The molecule has 0 aliphatic rings. The third kappa shape index (κ3) is 2.89. The number of hydrogen-bond donors (Lipinski definition) is 0. The molecular weight excluding hydrogens is 340 g/mol. The highest BCUT2D eigenvalue weighted by atomic mass is 15.0. The zero-order valence-corrected chi connectivity index (χ0v) is 15.4. The van der Waals surface area contributed by atoms with E-state index in [1.54, 1.807) is 0 Å². The van der Waals surface area contributed by atoms with Crippen molar-refractivity contribution in [1.29, 1.82) is 0 Å². The van der Waals surface area contributed by atoms with Crippen molar-refractivity contribution >= 4 is 10.9 Å². The highest BCUT2D eigenvalue weighted by molar-refractivity contribution is 5.81. The lowest BCUT2D eigenvalue weighted by Crippen LogP contribution is -2.08. The van der Waals surface area contributed by atoms with Crippen LogP contribution in [0.25, 0.3) is 16.6 Å². The summed E-state index contributed by atoms with van der Waals surface area (Å²) in [4.78, 5) is 4.34. The van der Waals surface area contributed by atoms with Crippen LogP contribution in [0.5, 0.6) is 0 Å². The summed E-state index contributed by atoms with van der Waals surface area (Å²) in [7, 11) is 0. The van der Waals surface area contributed by atoms with Crippen LogP contribution >= 0.6 is 0 Å². The number of fused-ring (bicyclic) bond motifs is 1. The van der Waals surface area contributed by atoms with Gasteiger partial charge in [0.15, 0.2) is 0 Å². The molecule has 5 rings (SSSR count). The molecule has 0 saturated carbocycles. The Hall–Kier alpha value is -3.65. The Labute approximate surface area is 164 Å². The Morgan fingerprint density at radius 1 is 0.643 bits per heavy atom. The summed E-state index contributed by atoms with van der Waals surface area (Å²) < 4.78 is 2.25. The van der Waals surface area contributed by atoms with Crippen molar-refractivity contribution in [3.8, 4) is 5.69 Å². The van der Waals surface area contributed by atoms with Crippen molar-refractivity contribution in [2.45, 2.75) is 5.92 Å². The Morgan fingerprint density at radius 3 is 2.00 bits per heavy atom. The van der Waals surface area contributed by atoms with Gasteiger partial charge in [-0.05, 0) is 34.9 Å². The van der Waals surface area contributed by atoms with Crippen molar-refractivity contribution in [3.63, 3.8) is 0 Å². The highest BCUT2D eigenvalue weighted by Gasteiger charge is 2.20. The maximum Gasteiger partial charge on any atom is 0.0712 e. The lowest BCUT2D eigenvalue weighted by atomic mass is 9.84. The molecule has 0 saturated heterocycles. The zero-order valence-electron chi connectivity index (χ0n) is 15.4. The predicted octanol–water partition coefficient (Wildman–Crippen LogP) is 6.21. The minimum Gasteiger partial charge on any atom is -0.315 e. The van der Waals surface area contributed by atoms with Gasteiger partial charge in [0, 0.05) is 29.4 Å². The first-order valence-electron chi connectivity index (χ1n) is 9.52. The Balaban J connectivity index is 1.75. The highest BCUT2D eigenvalue weighted by Crippen LogP contribution is 2.36. The lowest BCUT2D eigenvalue weighted by Gasteiger charge is -2.22. The van der Waals surface area contributed by atoms with Crippen LogP contribution in [0.1, 0.15) is 22.6 Å². The van der Waals surface area contributed by atoms with Gasteiger partial charge >= 0.3 is 0 Å². The normalized spacial score (nSPS) is 11.2. The van der Waals surface area contributed by atoms with E-state index >= 15 is 0 Å². The number of benzene rings is 3. The number of nitrogens with zero attached hydrogens (tertiary/aromatic N) is 2. The van der Waals surface area contributed by atoms with E-state index in [0.29, 0.717) is 0 Å². The summed E-state index contributed by atoms with van der Waals surface area (Å²) in [5.74, 6) is 0.160. The third-order valence-electron chi connectivity index (χ3n) is 5.27. The van der Waals surface area contributed by atoms with Crippen LogP contribution < -0.4 is 0 Å². The predicted molar refractivity (Wildman–Crippen MR) is 115 cm³/mol. The Kier molecular flexibility index (Phi) is 4.23. The van der Waals surface area contributed by atoms with Crippen molar-refractivity contribution in [2.24, 2.45) is 0 Å². The average Bonchev–Trinajstić information content (AvgIpc) is 3.20. The van der Waals surface area contributed by atoms with Gasteiger partial charge in [-0.3, -0.25) is 4.98 Å². The van der Waals surface area contributed by atoms with E-state index < -0.39 is 0 Å². The van der Waals surface area contributed by atoms with Gasteiger partial charge < -0.3 is 4.57 Å². The maximum absolute atomic E-state index is 4.34. The summed E-state index contributed by atoms with van der Waals surface area (Å²) in [6.45, 7) is 0. The van der Waals surface area contributed by atoms with Crippen molar-refractivity contribution in [1.82, 2.24) is 9.55 Å². The second-order valence-electron chi connectivity index (χ2n) is 6.93. The van der Waals surface area contributed by atoms with E-state index in [4.69, 9.17) is 0 Å². The third-order valence-corrected chi connectivity index (χ3v) is 5.27. The minimum absolute atomic E-state index is 0.160. The molecule has 0 aliphatic carbocycles. The molecule has 0 amide bonds. The van der Waals surface area contributed by atoms with Crippen LogP contribution in [-0.2, 0) is 0 Å².